The maximum Gasteiger partial charge on any atom is 0.215 e. The minimum absolute atomic E-state index is 0.955. The standard InChI is InChI=1S/C48H74N2/c1-5-9-13-15-17-18-19-20-21-22-23-24-26-28-38-46-45(37-12-8-4)47(44-36-30-34-42(40-44)32-27-25-16-14-10-6-2)50(49)48(46)43-35-29-33-41(39-43)31-11-7-3/h28-30,33-36,38-40H,5-27,31-32,37H2,1-4H3. The molecule has 1 aliphatic rings. The smallest absolute Gasteiger partial charge is 0.215 e. The summed E-state index contributed by atoms with van der Waals surface area (Å²) in [5.41, 5.74) is 21.6. The number of aryl methyl sites for hydroxylation is 2. The number of allylic oxidation sites excluding steroid dienone is 4. The molecule has 0 fully saturated rings. The molecule has 0 aromatic heterocycles. The third-order valence-corrected chi connectivity index (χ3v) is 10.6. The molecule has 0 radical (unpaired) electrons. The van der Waals surface area contributed by atoms with Gasteiger partial charge >= 0.3 is 0 Å². The minimum Gasteiger partial charge on any atom is -0.493 e. The van der Waals surface area contributed by atoms with Crippen LogP contribution in [0.15, 0.2) is 71.8 Å². The van der Waals surface area contributed by atoms with Crippen molar-refractivity contribution in [2.24, 2.45) is 0 Å². The second kappa shape index (κ2) is 26.1. The number of benzene rings is 2. The first kappa shape index (κ1) is 41.7. The molecule has 0 bridgehead atoms. The summed E-state index contributed by atoms with van der Waals surface area (Å²) in [5.74, 6) is 0. The molecule has 0 aliphatic carbocycles. The Labute approximate surface area is 309 Å². The van der Waals surface area contributed by atoms with Crippen LogP contribution in [0.5, 0.6) is 0 Å². The molecule has 2 aromatic rings. The predicted molar refractivity (Wildman–Crippen MR) is 220 cm³/mol. The molecule has 0 saturated heterocycles. The van der Waals surface area contributed by atoms with Gasteiger partial charge in [0.15, 0.2) is 0 Å². The van der Waals surface area contributed by atoms with Crippen molar-refractivity contribution in [1.82, 2.24) is 0 Å². The normalized spacial score (nSPS) is 13.5. The van der Waals surface area contributed by atoms with Gasteiger partial charge in [0, 0.05) is 16.7 Å². The van der Waals surface area contributed by atoms with Gasteiger partial charge in [0.2, 0.25) is 11.4 Å². The Hall–Kier alpha value is -2.74. The van der Waals surface area contributed by atoms with Gasteiger partial charge < -0.3 is 5.53 Å². The fourth-order valence-electron chi connectivity index (χ4n) is 7.53. The number of rotatable bonds is 29. The Morgan fingerprint density at radius 1 is 0.480 bits per heavy atom. The third kappa shape index (κ3) is 14.9. The molecule has 0 saturated carbocycles. The maximum absolute atomic E-state index is 12.1. The molecule has 0 N–H and O–H groups in total. The fourth-order valence-corrected chi connectivity index (χ4v) is 7.53. The van der Waals surface area contributed by atoms with Crippen molar-refractivity contribution in [3.05, 3.63) is 99.6 Å². The van der Waals surface area contributed by atoms with Crippen molar-refractivity contribution in [2.75, 3.05) is 0 Å². The van der Waals surface area contributed by atoms with Crippen LogP contribution >= 0.6 is 0 Å². The van der Waals surface area contributed by atoms with Crippen molar-refractivity contribution in [1.29, 1.82) is 0 Å². The Morgan fingerprint density at radius 3 is 1.46 bits per heavy atom. The number of nitrogens with zero attached hydrogens (tertiary/aromatic N) is 2. The van der Waals surface area contributed by atoms with Crippen LogP contribution in [0.1, 0.15) is 204 Å². The predicted octanol–water partition coefficient (Wildman–Crippen LogP) is 15.9. The molecule has 50 heavy (non-hydrogen) atoms. The SMILES string of the molecule is CCCCCCCCCCCCCCC=CC1=C(c2cccc(CCCC)c2)[N+](=[N-])C(c2cccc(CCCCCCCC)c2)=C1CCCC. The van der Waals surface area contributed by atoms with E-state index < -0.39 is 0 Å². The zero-order valence-electron chi connectivity index (χ0n) is 33.1. The first-order valence-corrected chi connectivity index (χ1v) is 21.5. The summed E-state index contributed by atoms with van der Waals surface area (Å²) >= 11 is 0. The lowest BCUT2D eigenvalue weighted by molar-refractivity contribution is -0.345. The van der Waals surface area contributed by atoms with Gasteiger partial charge in [-0.05, 0) is 86.8 Å². The van der Waals surface area contributed by atoms with E-state index in [2.05, 4.69) is 88.4 Å². The van der Waals surface area contributed by atoms with Crippen LogP contribution in [-0.4, -0.2) is 4.70 Å². The van der Waals surface area contributed by atoms with Gasteiger partial charge in [-0.1, -0.05) is 180 Å². The van der Waals surface area contributed by atoms with Crippen LogP contribution in [0, 0.1) is 0 Å². The highest BCUT2D eigenvalue weighted by Gasteiger charge is 2.34. The van der Waals surface area contributed by atoms with Gasteiger partial charge in [-0.15, -0.1) is 0 Å². The second-order valence-electron chi connectivity index (χ2n) is 15.1. The summed E-state index contributed by atoms with van der Waals surface area (Å²) in [6.07, 6.45) is 38.1. The average molecular weight is 679 g/mol. The third-order valence-electron chi connectivity index (χ3n) is 10.6. The lowest BCUT2D eigenvalue weighted by Crippen LogP contribution is -2.03. The lowest BCUT2D eigenvalue weighted by Gasteiger charge is -2.11. The largest absolute Gasteiger partial charge is 0.493 e. The Kier molecular flexibility index (Phi) is 21.8. The first-order chi connectivity index (χ1) is 24.6. The van der Waals surface area contributed by atoms with Crippen molar-refractivity contribution in [2.45, 2.75) is 195 Å². The van der Waals surface area contributed by atoms with Gasteiger partial charge in [0.25, 0.3) is 0 Å². The first-order valence-electron chi connectivity index (χ1n) is 21.5. The number of unbranched alkanes of at least 4 members (excludes halogenated alkanes) is 19. The summed E-state index contributed by atoms with van der Waals surface area (Å²) in [5, 5.41) is 0. The van der Waals surface area contributed by atoms with Crippen LogP contribution in [-0.2, 0) is 12.8 Å². The van der Waals surface area contributed by atoms with E-state index in [1.54, 1.807) is 4.70 Å². The monoisotopic (exact) mass is 679 g/mol. The summed E-state index contributed by atoms with van der Waals surface area (Å²) in [6, 6.07) is 18.0. The van der Waals surface area contributed by atoms with Gasteiger partial charge in [-0.25, -0.2) is 4.70 Å². The topological polar surface area (TPSA) is 25.3 Å². The quantitative estimate of drug-likeness (QED) is 0.0604. The average Bonchev–Trinajstić information content (AvgIpc) is 3.41. The van der Waals surface area contributed by atoms with E-state index in [1.165, 1.54) is 151 Å². The van der Waals surface area contributed by atoms with Crippen LogP contribution < -0.4 is 0 Å². The molecular weight excluding hydrogens is 605 g/mol. The Morgan fingerprint density at radius 2 is 0.920 bits per heavy atom. The molecular formula is C48H74N2. The lowest BCUT2D eigenvalue weighted by atomic mass is 9.93. The van der Waals surface area contributed by atoms with Crippen molar-refractivity contribution in [3.8, 4) is 0 Å². The molecule has 0 atom stereocenters. The zero-order chi connectivity index (χ0) is 35.7. The summed E-state index contributed by atoms with van der Waals surface area (Å²) in [7, 11) is 0. The highest BCUT2D eigenvalue weighted by atomic mass is 15.2. The maximum atomic E-state index is 12.1. The molecule has 1 heterocycles. The molecule has 0 spiro atoms. The summed E-state index contributed by atoms with van der Waals surface area (Å²) in [4.78, 5) is 0. The molecule has 0 amide bonds. The summed E-state index contributed by atoms with van der Waals surface area (Å²) in [6.45, 7) is 9.12. The van der Waals surface area contributed by atoms with E-state index in [9.17, 15) is 5.53 Å². The van der Waals surface area contributed by atoms with E-state index in [-0.39, 0.29) is 0 Å². The second-order valence-corrected chi connectivity index (χ2v) is 15.1. The van der Waals surface area contributed by atoms with Crippen LogP contribution in [0.25, 0.3) is 16.9 Å². The highest BCUT2D eigenvalue weighted by Crippen LogP contribution is 2.43. The van der Waals surface area contributed by atoms with Gasteiger partial charge in [0.05, 0.1) is 5.57 Å². The molecule has 2 aromatic carbocycles. The van der Waals surface area contributed by atoms with Gasteiger partial charge in [-0.2, -0.15) is 0 Å². The van der Waals surface area contributed by atoms with Crippen molar-refractivity contribution in [3.63, 3.8) is 0 Å². The van der Waals surface area contributed by atoms with Gasteiger partial charge in [-0.3, -0.25) is 0 Å². The van der Waals surface area contributed by atoms with E-state index in [1.807, 2.05) is 0 Å². The fraction of sp³-hybridized carbons (Fsp3) is 0.625. The van der Waals surface area contributed by atoms with E-state index in [4.69, 9.17) is 0 Å². The van der Waals surface area contributed by atoms with Crippen LogP contribution in [0.4, 0.5) is 0 Å². The zero-order valence-corrected chi connectivity index (χ0v) is 33.1. The highest BCUT2D eigenvalue weighted by molar-refractivity contribution is 5.84. The van der Waals surface area contributed by atoms with E-state index >= 15 is 0 Å². The van der Waals surface area contributed by atoms with Crippen molar-refractivity contribution < 1.29 is 4.70 Å². The van der Waals surface area contributed by atoms with Gasteiger partial charge in [0.1, 0.15) is 0 Å². The summed E-state index contributed by atoms with van der Waals surface area (Å²) < 4.78 is 1.55. The molecule has 3 rings (SSSR count). The molecule has 2 heteroatoms. The molecule has 2 nitrogen and oxygen atoms in total. The van der Waals surface area contributed by atoms with E-state index in [0.29, 0.717) is 0 Å². The molecule has 276 valence electrons. The molecule has 1 aliphatic heterocycles. The van der Waals surface area contributed by atoms with Crippen molar-refractivity contribution >= 4 is 11.4 Å². The minimum atomic E-state index is 0.955. The van der Waals surface area contributed by atoms with E-state index in [0.717, 1.165) is 61.0 Å². The number of hydrogen-bond donors (Lipinski definition) is 0. The Balaban J connectivity index is 1.76. The Bertz CT molecular complexity index is 1330. The van der Waals surface area contributed by atoms with Crippen LogP contribution in [0.3, 0.4) is 0 Å². The molecule has 0 unspecified atom stereocenters. The van der Waals surface area contributed by atoms with Crippen LogP contribution in [0.2, 0.25) is 0 Å². The number of hydrogen-bond acceptors (Lipinski definition) is 0.